The number of aromatic nitrogens is 2. The number of amides is 1. The van der Waals surface area contributed by atoms with Crippen LogP contribution in [0.1, 0.15) is 47.3 Å². The summed E-state index contributed by atoms with van der Waals surface area (Å²) in [5.41, 5.74) is 5.98. The van der Waals surface area contributed by atoms with Crippen LogP contribution >= 0.6 is 0 Å². The fourth-order valence-electron chi connectivity index (χ4n) is 3.65. The maximum Gasteiger partial charge on any atom is 0.278 e. The summed E-state index contributed by atoms with van der Waals surface area (Å²) < 4.78 is 26.0. The largest absolute Gasteiger partial charge is 0.353 e. The molecule has 1 fully saturated rings. The monoisotopic (exact) mass is 510 g/mol. The fourth-order valence-corrected chi connectivity index (χ4v) is 4.16. The molecule has 0 bridgehead atoms. The highest BCUT2D eigenvalue weighted by Gasteiger charge is 2.26. The molecular formula is C25H30N6O4S. The van der Waals surface area contributed by atoms with E-state index in [1.54, 1.807) is 13.0 Å². The Hall–Kier alpha value is -3.70. The van der Waals surface area contributed by atoms with Gasteiger partial charge < -0.3 is 10.6 Å². The molecule has 2 heterocycles. The predicted molar refractivity (Wildman–Crippen MR) is 141 cm³/mol. The molecule has 3 aromatic rings. The minimum atomic E-state index is -3.52. The van der Waals surface area contributed by atoms with E-state index in [0.29, 0.717) is 41.2 Å². The molecule has 36 heavy (non-hydrogen) atoms. The van der Waals surface area contributed by atoms with E-state index >= 15 is 0 Å². The van der Waals surface area contributed by atoms with Crippen molar-refractivity contribution < 1.29 is 18.0 Å². The number of pyridine rings is 2. The van der Waals surface area contributed by atoms with Crippen molar-refractivity contribution in [3.63, 3.8) is 0 Å². The fraction of sp³-hybridized carbons (Fsp3) is 0.320. The molecule has 1 aliphatic carbocycles. The van der Waals surface area contributed by atoms with Gasteiger partial charge >= 0.3 is 0 Å². The minimum absolute atomic E-state index is 0.227. The number of hydrogen-bond acceptors (Lipinski definition) is 8. The average molecular weight is 511 g/mol. The number of nitrogens with zero attached hydrogens (tertiary/aromatic N) is 3. The van der Waals surface area contributed by atoms with Crippen LogP contribution in [-0.4, -0.2) is 44.2 Å². The van der Waals surface area contributed by atoms with Crippen molar-refractivity contribution in [2.45, 2.75) is 32.6 Å². The molecule has 0 saturated heterocycles. The second-order valence-corrected chi connectivity index (χ2v) is 10.7. The molecule has 1 amide bonds. The Kier molecular flexibility index (Phi) is 7.41. The Morgan fingerprint density at radius 1 is 1.11 bits per heavy atom. The zero-order chi connectivity index (χ0) is 25.9. The summed E-state index contributed by atoms with van der Waals surface area (Å²) in [7, 11) is -2.01. The molecule has 2 aromatic heterocycles. The Morgan fingerprint density at radius 2 is 1.89 bits per heavy atom. The van der Waals surface area contributed by atoms with Crippen molar-refractivity contribution in [1.29, 1.82) is 0 Å². The van der Waals surface area contributed by atoms with Crippen molar-refractivity contribution in [2.24, 2.45) is 0 Å². The van der Waals surface area contributed by atoms with Crippen molar-refractivity contribution in [3.05, 3.63) is 65.5 Å². The van der Waals surface area contributed by atoms with Crippen molar-refractivity contribution in [3.8, 4) is 0 Å². The van der Waals surface area contributed by atoms with E-state index in [1.807, 2.05) is 43.3 Å². The summed E-state index contributed by atoms with van der Waals surface area (Å²) in [5.74, 6) is 1.01. The van der Waals surface area contributed by atoms with Crippen LogP contribution < -0.4 is 20.4 Å². The molecule has 0 aliphatic heterocycles. The molecule has 1 saturated carbocycles. The maximum absolute atomic E-state index is 12.8. The quantitative estimate of drug-likeness (QED) is 0.346. The van der Waals surface area contributed by atoms with Gasteiger partial charge in [0.05, 0.1) is 35.5 Å². The Bertz CT molecular complexity index is 1370. The summed E-state index contributed by atoms with van der Waals surface area (Å²) >= 11 is 0. The van der Waals surface area contributed by atoms with E-state index < -0.39 is 15.9 Å². The van der Waals surface area contributed by atoms with Gasteiger partial charge in [-0.1, -0.05) is 12.1 Å². The van der Waals surface area contributed by atoms with Crippen LogP contribution in [0.15, 0.2) is 48.7 Å². The third-order valence-corrected chi connectivity index (χ3v) is 6.97. The van der Waals surface area contributed by atoms with Crippen LogP contribution in [0.25, 0.3) is 0 Å². The number of carbonyl (C=O) groups excluding carboxylic acids is 1. The second kappa shape index (κ2) is 10.5. The Balaban J connectivity index is 1.74. The van der Waals surface area contributed by atoms with Gasteiger partial charge in [-0.25, -0.2) is 23.9 Å². The molecule has 3 N–H and O–H groups in total. The number of hydrogen-bond donors (Lipinski definition) is 3. The van der Waals surface area contributed by atoms with Gasteiger partial charge in [-0.2, -0.15) is 0 Å². The molecule has 0 radical (unpaired) electrons. The molecular weight excluding hydrogens is 480 g/mol. The van der Waals surface area contributed by atoms with E-state index in [-0.39, 0.29) is 5.56 Å². The standard InChI is InChI=1S/C25H30N6O4S/c1-5-35-30-25(32)19-15-26-24(29-23-8-6-7-16(2)27-23)14-21(19)28-20-12-11-18(17-9-10-17)13-22(20)31(3)36(4,33)34/h6-8,11-15,17H,5,9-10H2,1-4H3,(H,30,32)(H2,26,27,28,29). The highest BCUT2D eigenvalue weighted by molar-refractivity contribution is 7.92. The number of hydroxylamine groups is 1. The molecule has 0 atom stereocenters. The predicted octanol–water partition coefficient (Wildman–Crippen LogP) is 4.23. The first-order valence-corrected chi connectivity index (χ1v) is 13.5. The average Bonchev–Trinajstić information content (AvgIpc) is 3.67. The molecule has 11 heteroatoms. The van der Waals surface area contributed by atoms with E-state index in [2.05, 4.69) is 26.1 Å². The third kappa shape index (κ3) is 6.10. The number of carbonyl (C=O) groups is 1. The van der Waals surface area contributed by atoms with Crippen LogP contribution in [0.3, 0.4) is 0 Å². The topological polar surface area (TPSA) is 126 Å². The Labute approximate surface area is 211 Å². The molecule has 10 nitrogen and oxygen atoms in total. The minimum Gasteiger partial charge on any atom is -0.353 e. The van der Waals surface area contributed by atoms with E-state index in [4.69, 9.17) is 4.84 Å². The van der Waals surface area contributed by atoms with Crippen molar-refractivity contribution >= 4 is 44.6 Å². The van der Waals surface area contributed by atoms with Gasteiger partial charge in [0.25, 0.3) is 5.91 Å². The zero-order valence-corrected chi connectivity index (χ0v) is 21.5. The van der Waals surface area contributed by atoms with E-state index in [9.17, 15) is 13.2 Å². The SMILES string of the molecule is CCONC(=O)c1cnc(Nc2cccc(C)n2)cc1Nc1ccc(C2CC2)cc1N(C)S(C)(=O)=O. The summed E-state index contributed by atoms with van der Waals surface area (Å²) in [6.07, 6.45) is 4.75. The van der Waals surface area contributed by atoms with Gasteiger partial charge in [-0.05, 0) is 62.4 Å². The summed E-state index contributed by atoms with van der Waals surface area (Å²) in [4.78, 5) is 26.7. The lowest BCUT2D eigenvalue weighted by Crippen LogP contribution is -2.26. The molecule has 1 aromatic carbocycles. The number of nitrogens with one attached hydrogen (secondary N) is 3. The van der Waals surface area contributed by atoms with Crippen molar-refractivity contribution in [1.82, 2.24) is 15.4 Å². The number of sulfonamides is 1. The first-order valence-electron chi connectivity index (χ1n) is 11.6. The third-order valence-electron chi connectivity index (χ3n) is 5.78. The first kappa shape index (κ1) is 25.4. The molecule has 4 rings (SSSR count). The maximum atomic E-state index is 12.8. The molecule has 0 spiro atoms. The van der Waals surface area contributed by atoms with E-state index in [1.165, 1.54) is 17.5 Å². The van der Waals surface area contributed by atoms with Crippen LogP contribution in [0, 0.1) is 6.92 Å². The van der Waals surface area contributed by atoms with Crippen LogP contribution in [-0.2, 0) is 14.9 Å². The number of rotatable bonds is 10. The van der Waals surface area contributed by atoms with E-state index in [0.717, 1.165) is 30.4 Å². The summed E-state index contributed by atoms with van der Waals surface area (Å²) in [6, 6.07) is 13.0. The number of benzene rings is 1. The van der Waals surface area contributed by atoms with Crippen LogP contribution in [0.5, 0.6) is 0 Å². The summed E-state index contributed by atoms with van der Waals surface area (Å²) in [6.45, 7) is 3.94. The van der Waals surface area contributed by atoms with Gasteiger partial charge in [0.2, 0.25) is 10.0 Å². The molecule has 1 aliphatic rings. The first-order chi connectivity index (χ1) is 17.2. The lowest BCUT2D eigenvalue weighted by Gasteiger charge is -2.23. The van der Waals surface area contributed by atoms with Crippen LogP contribution in [0.4, 0.5) is 28.7 Å². The van der Waals surface area contributed by atoms with Crippen molar-refractivity contribution in [2.75, 3.05) is 34.8 Å². The van der Waals surface area contributed by atoms with Gasteiger partial charge in [-0.15, -0.1) is 0 Å². The highest BCUT2D eigenvalue weighted by Crippen LogP contribution is 2.43. The summed E-state index contributed by atoms with van der Waals surface area (Å²) in [5, 5.41) is 6.40. The molecule has 190 valence electrons. The second-order valence-electron chi connectivity index (χ2n) is 8.67. The Morgan fingerprint density at radius 3 is 2.56 bits per heavy atom. The zero-order valence-electron chi connectivity index (χ0n) is 20.7. The number of aryl methyl sites for hydroxylation is 1. The lowest BCUT2D eigenvalue weighted by molar-refractivity contribution is 0.0365. The smallest absolute Gasteiger partial charge is 0.278 e. The van der Waals surface area contributed by atoms with Gasteiger partial charge in [-0.3, -0.25) is 13.9 Å². The molecule has 0 unspecified atom stereocenters. The van der Waals surface area contributed by atoms with Gasteiger partial charge in [0.1, 0.15) is 11.6 Å². The van der Waals surface area contributed by atoms with Gasteiger partial charge in [0, 0.05) is 25.0 Å². The normalized spacial score (nSPS) is 13.2. The highest BCUT2D eigenvalue weighted by atomic mass is 32.2. The number of anilines is 5. The lowest BCUT2D eigenvalue weighted by atomic mass is 10.1. The van der Waals surface area contributed by atoms with Crippen LogP contribution in [0.2, 0.25) is 0 Å². The van der Waals surface area contributed by atoms with Gasteiger partial charge in [0.15, 0.2) is 0 Å².